The smallest absolute Gasteiger partial charge is 0.335 e. The van der Waals surface area contributed by atoms with Gasteiger partial charge >= 0.3 is 17.8 Å². The molecule has 0 aliphatic carbocycles. The topological polar surface area (TPSA) is 44.8 Å². The van der Waals surface area contributed by atoms with E-state index in [1.165, 1.54) is 6.92 Å². The Morgan fingerprint density at radius 3 is 1.86 bits per heavy atom. The summed E-state index contributed by atoms with van der Waals surface area (Å²) in [5.41, 5.74) is -0.924. The molecule has 1 fully saturated rings. The number of hydrogen-bond donors (Lipinski definition) is 0. The fourth-order valence-electron chi connectivity index (χ4n) is 1.68. The maximum Gasteiger partial charge on any atom is 0.335 e. The molecule has 0 radical (unpaired) electrons. The predicted molar refractivity (Wildman–Crippen MR) is 69.8 cm³/mol. The zero-order valence-electron chi connectivity index (χ0n) is 13.0. The summed E-state index contributed by atoms with van der Waals surface area (Å²) in [5.74, 6) is -11.5. The average molecular weight is 328 g/mol. The number of carbonyl (C=O) groups is 1. The molecule has 0 aromatic carbocycles. The molecule has 0 aromatic rings. The zero-order valence-corrected chi connectivity index (χ0v) is 13.0. The van der Waals surface area contributed by atoms with E-state index in [1.54, 1.807) is 20.8 Å². The molecule has 1 saturated heterocycles. The summed E-state index contributed by atoms with van der Waals surface area (Å²) in [6.45, 7) is 5.72. The van der Waals surface area contributed by atoms with Crippen LogP contribution in [0.1, 0.15) is 27.7 Å². The third kappa shape index (κ3) is 3.60. The fourth-order valence-corrected chi connectivity index (χ4v) is 1.68. The summed E-state index contributed by atoms with van der Waals surface area (Å²) < 4.78 is 68.5. The quantitative estimate of drug-likeness (QED) is 0.453. The maximum absolute atomic E-state index is 13.4. The average Bonchev–Trinajstić information content (AvgIpc) is 2.43. The molecule has 0 amide bonds. The highest BCUT2D eigenvalue weighted by molar-refractivity contribution is 5.86. The Balaban J connectivity index is 3.05. The minimum Gasteiger partial charge on any atom is -0.457 e. The fraction of sp³-hybridized carbons (Fsp3) is 0.786. The van der Waals surface area contributed by atoms with Crippen molar-refractivity contribution in [3.63, 3.8) is 0 Å². The van der Waals surface area contributed by atoms with Gasteiger partial charge < -0.3 is 14.2 Å². The van der Waals surface area contributed by atoms with Crippen LogP contribution in [0, 0.1) is 5.41 Å². The van der Waals surface area contributed by atoms with Crippen molar-refractivity contribution >= 4 is 5.97 Å². The van der Waals surface area contributed by atoms with Gasteiger partial charge in [0.15, 0.2) is 0 Å². The van der Waals surface area contributed by atoms with E-state index in [2.05, 4.69) is 6.58 Å². The Kier molecular flexibility index (Phi) is 4.99. The molecular formula is C14H20F4O4. The van der Waals surface area contributed by atoms with Crippen LogP contribution in [0.4, 0.5) is 17.6 Å². The Morgan fingerprint density at radius 1 is 1.14 bits per heavy atom. The molecular weight excluding hydrogens is 308 g/mol. The van der Waals surface area contributed by atoms with Gasteiger partial charge in [0.25, 0.3) is 0 Å². The van der Waals surface area contributed by atoms with Crippen molar-refractivity contribution in [2.45, 2.75) is 45.3 Å². The second-order valence-corrected chi connectivity index (χ2v) is 6.35. The molecule has 4 nitrogen and oxygen atoms in total. The molecule has 1 aliphatic rings. The van der Waals surface area contributed by atoms with Crippen LogP contribution in [0.2, 0.25) is 0 Å². The molecule has 128 valence electrons. The normalized spacial score (nSPS) is 23.5. The molecule has 0 bridgehead atoms. The standard InChI is InChI=1S/C14H20F4O4/c1-9(2)10(19)20-8-14(11(3,4)5)21-6-12(15,16)13(17,18)7-22-14/h1,6-8H2,2-5H3. The lowest BCUT2D eigenvalue weighted by Crippen LogP contribution is -2.52. The van der Waals surface area contributed by atoms with E-state index in [0.717, 1.165) is 0 Å². The van der Waals surface area contributed by atoms with Gasteiger partial charge in [-0.25, -0.2) is 4.79 Å². The molecule has 1 aliphatic heterocycles. The lowest BCUT2D eigenvalue weighted by Gasteiger charge is -2.42. The Labute approximate surface area is 126 Å². The van der Waals surface area contributed by atoms with Crippen LogP contribution < -0.4 is 0 Å². The molecule has 0 atom stereocenters. The van der Waals surface area contributed by atoms with Crippen molar-refractivity contribution < 1.29 is 36.6 Å². The van der Waals surface area contributed by atoms with Crippen molar-refractivity contribution in [2.24, 2.45) is 5.41 Å². The number of alkyl halides is 4. The largest absolute Gasteiger partial charge is 0.457 e. The molecule has 1 rings (SSSR count). The second kappa shape index (κ2) is 5.81. The molecule has 0 N–H and O–H groups in total. The number of halogens is 4. The summed E-state index contributed by atoms with van der Waals surface area (Å²) >= 11 is 0. The van der Waals surface area contributed by atoms with Crippen molar-refractivity contribution in [3.05, 3.63) is 12.2 Å². The lowest BCUT2D eigenvalue weighted by atomic mass is 9.85. The number of carbonyl (C=O) groups excluding carboxylic acids is 1. The SMILES string of the molecule is C=C(C)C(=O)OCC1(C(C)(C)C)OCC(F)(F)C(F)(F)CO1. The number of hydrogen-bond acceptors (Lipinski definition) is 4. The third-order valence-electron chi connectivity index (χ3n) is 3.39. The van der Waals surface area contributed by atoms with Gasteiger partial charge in [-0.05, 0) is 6.92 Å². The first-order chi connectivity index (χ1) is 9.74. The van der Waals surface area contributed by atoms with Crippen LogP contribution in [-0.2, 0) is 19.0 Å². The minimum atomic E-state index is -4.38. The van der Waals surface area contributed by atoms with E-state index in [1.807, 2.05) is 0 Å². The van der Waals surface area contributed by atoms with Gasteiger partial charge in [-0.2, -0.15) is 17.6 Å². The van der Waals surface area contributed by atoms with Crippen LogP contribution in [-0.4, -0.2) is 43.4 Å². The first kappa shape index (κ1) is 18.9. The van der Waals surface area contributed by atoms with Crippen molar-refractivity contribution in [3.8, 4) is 0 Å². The lowest BCUT2D eigenvalue weighted by molar-refractivity contribution is -0.303. The highest BCUT2D eigenvalue weighted by Gasteiger charge is 2.63. The number of esters is 1. The monoisotopic (exact) mass is 328 g/mol. The molecule has 22 heavy (non-hydrogen) atoms. The summed E-state index contributed by atoms with van der Waals surface area (Å²) in [4.78, 5) is 11.5. The molecule has 1 heterocycles. The first-order valence-corrected chi connectivity index (χ1v) is 6.60. The highest BCUT2D eigenvalue weighted by Crippen LogP contribution is 2.44. The molecule has 8 heteroatoms. The van der Waals surface area contributed by atoms with Crippen LogP contribution in [0.15, 0.2) is 12.2 Å². The summed E-state index contributed by atoms with van der Waals surface area (Å²) in [6.07, 6.45) is 0. The Hall–Kier alpha value is -1.15. The second-order valence-electron chi connectivity index (χ2n) is 6.35. The van der Waals surface area contributed by atoms with Crippen LogP contribution >= 0.6 is 0 Å². The van der Waals surface area contributed by atoms with Gasteiger partial charge in [0.2, 0.25) is 5.79 Å². The van der Waals surface area contributed by atoms with Gasteiger partial charge in [-0.15, -0.1) is 0 Å². The summed E-state index contributed by atoms with van der Waals surface area (Å²) in [7, 11) is 0. The van der Waals surface area contributed by atoms with Gasteiger partial charge in [0.1, 0.15) is 19.8 Å². The van der Waals surface area contributed by atoms with Gasteiger partial charge in [-0.3, -0.25) is 0 Å². The Bertz CT molecular complexity index is 436. The van der Waals surface area contributed by atoms with E-state index in [-0.39, 0.29) is 5.57 Å². The van der Waals surface area contributed by atoms with Gasteiger partial charge in [0, 0.05) is 11.0 Å². The van der Waals surface area contributed by atoms with Crippen LogP contribution in [0.3, 0.4) is 0 Å². The number of rotatable bonds is 3. The number of ether oxygens (including phenoxy) is 3. The van der Waals surface area contributed by atoms with Crippen LogP contribution in [0.5, 0.6) is 0 Å². The van der Waals surface area contributed by atoms with Crippen molar-refractivity contribution in [1.29, 1.82) is 0 Å². The summed E-state index contributed by atoms with van der Waals surface area (Å²) in [6, 6.07) is 0. The van der Waals surface area contributed by atoms with E-state index >= 15 is 0 Å². The van der Waals surface area contributed by atoms with Crippen LogP contribution in [0.25, 0.3) is 0 Å². The van der Waals surface area contributed by atoms with Gasteiger partial charge in [0.05, 0.1) is 0 Å². The predicted octanol–water partition coefficient (Wildman–Crippen LogP) is 3.17. The first-order valence-electron chi connectivity index (χ1n) is 6.60. The van der Waals surface area contributed by atoms with E-state index in [4.69, 9.17) is 14.2 Å². The molecule has 0 unspecified atom stereocenters. The third-order valence-corrected chi connectivity index (χ3v) is 3.39. The summed E-state index contributed by atoms with van der Waals surface area (Å²) in [5, 5.41) is 0. The van der Waals surface area contributed by atoms with E-state index in [0.29, 0.717) is 0 Å². The Morgan fingerprint density at radius 2 is 1.55 bits per heavy atom. The van der Waals surface area contributed by atoms with E-state index in [9.17, 15) is 22.4 Å². The minimum absolute atomic E-state index is 0.0772. The van der Waals surface area contributed by atoms with E-state index < -0.39 is 48.8 Å². The molecule has 0 aromatic heterocycles. The molecule has 0 spiro atoms. The van der Waals surface area contributed by atoms with Gasteiger partial charge in [-0.1, -0.05) is 27.4 Å². The zero-order chi connectivity index (χ0) is 17.4. The highest BCUT2D eigenvalue weighted by atomic mass is 19.3. The molecule has 0 saturated carbocycles. The van der Waals surface area contributed by atoms with Crippen molar-refractivity contribution in [2.75, 3.05) is 19.8 Å². The maximum atomic E-state index is 13.4. The van der Waals surface area contributed by atoms with Crippen molar-refractivity contribution in [1.82, 2.24) is 0 Å².